The second-order valence-corrected chi connectivity index (χ2v) is 7.13. The maximum atomic E-state index is 14.2. The highest BCUT2D eigenvalue weighted by atomic mass is 19.1. The van der Waals surface area contributed by atoms with Gasteiger partial charge >= 0.3 is 6.03 Å². The Labute approximate surface area is 174 Å². The number of nitrogens with two attached hydrogens (primary N) is 1. The molecular formula is C21H25FN4O4. The molecule has 0 aliphatic carbocycles. The molecule has 2 N–H and O–H groups in total. The third kappa shape index (κ3) is 5.37. The quantitative estimate of drug-likeness (QED) is 0.781. The Bertz CT molecular complexity index is 906. The van der Waals surface area contributed by atoms with Crippen molar-refractivity contribution in [3.05, 3.63) is 47.9 Å². The first-order valence-electron chi connectivity index (χ1n) is 9.64. The lowest BCUT2D eigenvalue weighted by Gasteiger charge is -2.32. The summed E-state index contributed by atoms with van der Waals surface area (Å²) < 4.78 is 25.2. The van der Waals surface area contributed by atoms with Crippen LogP contribution in [0.25, 0.3) is 0 Å². The van der Waals surface area contributed by atoms with E-state index in [2.05, 4.69) is 4.98 Å². The summed E-state index contributed by atoms with van der Waals surface area (Å²) in [6.45, 7) is 2.73. The summed E-state index contributed by atoms with van der Waals surface area (Å²) in [7, 11) is 1.49. The second kappa shape index (κ2) is 9.43. The van der Waals surface area contributed by atoms with E-state index in [1.807, 2.05) is 0 Å². The van der Waals surface area contributed by atoms with Gasteiger partial charge in [0, 0.05) is 25.6 Å². The molecule has 8 nitrogen and oxygen atoms in total. The van der Waals surface area contributed by atoms with E-state index in [9.17, 15) is 14.0 Å². The Morgan fingerprint density at radius 3 is 2.77 bits per heavy atom. The molecule has 3 amide bonds. The van der Waals surface area contributed by atoms with Crippen molar-refractivity contribution in [1.82, 2.24) is 9.88 Å². The zero-order valence-corrected chi connectivity index (χ0v) is 17.0. The average Bonchev–Trinajstić information content (AvgIpc) is 2.72. The van der Waals surface area contributed by atoms with Crippen LogP contribution in [0.5, 0.6) is 11.6 Å². The van der Waals surface area contributed by atoms with Crippen LogP contribution in [0.15, 0.2) is 36.5 Å². The number of anilines is 1. The number of nitrogens with zero attached hydrogens (tertiary/aromatic N) is 3. The molecule has 30 heavy (non-hydrogen) atoms. The normalized spacial score (nSPS) is 16.1. The molecule has 1 aliphatic heterocycles. The maximum absolute atomic E-state index is 14.2. The number of primary amides is 1. The summed E-state index contributed by atoms with van der Waals surface area (Å²) in [5.74, 6) is 0.252. The predicted molar refractivity (Wildman–Crippen MR) is 109 cm³/mol. The molecule has 160 valence electrons. The van der Waals surface area contributed by atoms with Gasteiger partial charge in [0.1, 0.15) is 17.7 Å². The number of benzene rings is 1. The molecule has 2 heterocycles. The van der Waals surface area contributed by atoms with Crippen molar-refractivity contribution in [2.24, 2.45) is 5.73 Å². The molecule has 1 aromatic carbocycles. The van der Waals surface area contributed by atoms with Gasteiger partial charge in [0.2, 0.25) is 11.8 Å². The van der Waals surface area contributed by atoms with Gasteiger partial charge in [-0.05, 0) is 36.6 Å². The monoisotopic (exact) mass is 416 g/mol. The number of pyridine rings is 1. The Hall–Kier alpha value is -3.36. The van der Waals surface area contributed by atoms with Gasteiger partial charge in [0.15, 0.2) is 0 Å². The van der Waals surface area contributed by atoms with Crippen molar-refractivity contribution >= 4 is 17.6 Å². The van der Waals surface area contributed by atoms with Crippen molar-refractivity contribution in [3.8, 4) is 11.6 Å². The number of aromatic nitrogens is 1. The fraction of sp³-hybridized carbons (Fsp3) is 0.381. The van der Waals surface area contributed by atoms with Gasteiger partial charge in [0.25, 0.3) is 0 Å². The molecule has 0 radical (unpaired) electrons. The van der Waals surface area contributed by atoms with E-state index in [1.165, 1.54) is 37.3 Å². The lowest BCUT2D eigenvalue weighted by atomic mass is 10.1. The first kappa shape index (κ1) is 21.4. The van der Waals surface area contributed by atoms with Crippen LogP contribution in [0, 0.1) is 5.82 Å². The van der Waals surface area contributed by atoms with E-state index in [1.54, 1.807) is 23.1 Å². The number of ether oxygens (including phenoxy) is 2. The zero-order valence-electron chi connectivity index (χ0n) is 17.0. The number of carbonyl (C=O) groups excluding carboxylic acids is 2. The molecule has 1 atom stereocenters. The van der Waals surface area contributed by atoms with E-state index in [0.717, 1.165) is 12.8 Å². The molecule has 0 saturated carbocycles. The summed E-state index contributed by atoms with van der Waals surface area (Å²) in [5.41, 5.74) is 6.49. The number of carbonyl (C=O) groups is 2. The topological polar surface area (TPSA) is 98.0 Å². The van der Waals surface area contributed by atoms with Gasteiger partial charge in [0.05, 0.1) is 32.1 Å². The number of piperidine rings is 1. The van der Waals surface area contributed by atoms with Crippen molar-refractivity contribution in [2.75, 3.05) is 25.1 Å². The number of amides is 3. The van der Waals surface area contributed by atoms with E-state index in [4.69, 9.17) is 15.2 Å². The van der Waals surface area contributed by atoms with Gasteiger partial charge in [-0.3, -0.25) is 9.69 Å². The Morgan fingerprint density at radius 1 is 1.33 bits per heavy atom. The van der Waals surface area contributed by atoms with E-state index < -0.39 is 11.8 Å². The highest BCUT2D eigenvalue weighted by Crippen LogP contribution is 2.24. The van der Waals surface area contributed by atoms with Gasteiger partial charge < -0.3 is 20.1 Å². The minimum atomic E-state index is -0.696. The number of rotatable bonds is 6. The van der Waals surface area contributed by atoms with Crippen LogP contribution in [-0.4, -0.2) is 48.1 Å². The van der Waals surface area contributed by atoms with Crippen molar-refractivity contribution < 1.29 is 23.5 Å². The predicted octanol–water partition coefficient (Wildman–Crippen LogP) is 2.70. The number of halogens is 1. The van der Waals surface area contributed by atoms with E-state index in [-0.39, 0.29) is 18.6 Å². The lowest BCUT2D eigenvalue weighted by Crippen LogP contribution is -2.43. The smallest absolute Gasteiger partial charge is 0.319 e. The molecule has 1 fully saturated rings. The molecule has 1 aromatic heterocycles. The van der Waals surface area contributed by atoms with Crippen LogP contribution in [-0.2, 0) is 11.3 Å². The molecule has 0 bridgehead atoms. The molecule has 9 heteroatoms. The van der Waals surface area contributed by atoms with Gasteiger partial charge in [-0.1, -0.05) is 0 Å². The highest BCUT2D eigenvalue weighted by Gasteiger charge is 2.23. The summed E-state index contributed by atoms with van der Waals surface area (Å²) in [6, 6.07) is 6.84. The van der Waals surface area contributed by atoms with E-state index in [0.29, 0.717) is 36.0 Å². The summed E-state index contributed by atoms with van der Waals surface area (Å²) in [6.07, 6.45) is 2.85. The van der Waals surface area contributed by atoms with Crippen molar-refractivity contribution in [3.63, 3.8) is 0 Å². The third-order valence-corrected chi connectivity index (χ3v) is 4.91. The summed E-state index contributed by atoms with van der Waals surface area (Å²) in [4.78, 5) is 30.7. The van der Waals surface area contributed by atoms with Crippen molar-refractivity contribution in [2.45, 2.75) is 32.4 Å². The fourth-order valence-electron chi connectivity index (χ4n) is 3.42. The van der Waals surface area contributed by atoms with Crippen LogP contribution in [0.2, 0.25) is 0 Å². The van der Waals surface area contributed by atoms with Crippen LogP contribution in [0.4, 0.5) is 14.9 Å². The lowest BCUT2D eigenvalue weighted by molar-refractivity contribution is -0.131. The minimum Gasteiger partial charge on any atom is -0.488 e. The number of hydrogen-bond donors (Lipinski definition) is 1. The molecule has 3 rings (SSSR count). The Balaban J connectivity index is 1.76. The standard InChI is InChI=1S/C21H25FN4O4/c1-14(27)25-7-3-4-18(13-25)30-19-9-15(8-16(22)10-19)12-26(21(23)28)17-5-6-20(29-2)24-11-17/h5-6,8-11,18H,3-4,7,12-13H2,1-2H3,(H2,23,28)/t18-/m1/s1. The zero-order chi connectivity index (χ0) is 21.7. The number of likely N-dealkylation sites (tertiary alicyclic amines) is 1. The molecule has 0 unspecified atom stereocenters. The summed E-state index contributed by atoms with van der Waals surface area (Å²) >= 11 is 0. The first-order chi connectivity index (χ1) is 14.4. The third-order valence-electron chi connectivity index (χ3n) is 4.91. The Kier molecular flexibility index (Phi) is 6.71. The fourth-order valence-corrected chi connectivity index (χ4v) is 3.42. The number of urea groups is 1. The van der Waals surface area contributed by atoms with Gasteiger partial charge in [-0.15, -0.1) is 0 Å². The average molecular weight is 416 g/mol. The maximum Gasteiger partial charge on any atom is 0.319 e. The van der Waals surface area contributed by atoms with Crippen LogP contribution in [0.3, 0.4) is 0 Å². The molecule has 1 saturated heterocycles. The molecular weight excluding hydrogens is 391 g/mol. The minimum absolute atomic E-state index is 0.00608. The number of hydrogen-bond acceptors (Lipinski definition) is 5. The highest BCUT2D eigenvalue weighted by molar-refractivity contribution is 5.90. The summed E-state index contributed by atoms with van der Waals surface area (Å²) in [5, 5.41) is 0. The van der Waals surface area contributed by atoms with Gasteiger partial charge in [-0.25, -0.2) is 14.2 Å². The van der Waals surface area contributed by atoms with Crippen LogP contribution in [0.1, 0.15) is 25.3 Å². The first-order valence-corrected chi connectivity index (χ1v) is 9.64. The molecule has 0 spiro atoms. The largest absolute Gasteiger partial charge is 0.488 e. The molecule has 2 aromatic rings. The van der Waals surface area contributed by atoms with E-state index >= 15 is 0 Å². The number of methoxy groups -OCH3 is 1. The van der Waals surface area contributed by atoms with Crippen LogP contribution >= 0.6 is 0 Å². The SMILES string of the molecule is COc1ccc(N(Cc2cc(F)cc(O[C@@H]3CCCN(C(C)=O)C3)c2)C(N)=O)cn1. The van der Waals surface area contributed by atoms with Crippen molar-refractivity contribution in [1.29, 1.82) is 0 Å². The van der Waals surface area contributed by atoms with Crippen LogP contribution < -0.4 is 20.1 Å². The second-order valence-electron chi connectivity index (χ2n) is 7.13. The van der Waals surface area contributed by atoms with Gasteiger partial charge in [-0.2, -0.15) is 0 Å². The molecule has 1 aliphatic rings. The Morgan fingerprint density at radius 2 is 2.13 bits per heavy atom.